The maximum atomic E-state index is 9.37. The molecule has 0 unspecified atom stereocenters. The summed E-state index contributed by atoms with van der Waals surface area (Å²) in [5, 5.41) is 9.37. The summed E-state index contributed by atoms with van der Waals surface area (Å²) in [5.74, 6) is 1.16. The molecule has 106 valence electrons. The van der Waals surface area contributed by atoms with Crippen LogP contribution in [-0.4, -0.2) is 19.2 Å². The third-order valence-corrected chi connectivity index (χ3v) is 3.03. The minimum absolute atomic E-state index is 0.367. The third kappa shape index (κ3) is 2.95. The first-order chi connectivity index (χ1) is 10.2. The molecule has 1 aromatic carbocycles. The zero-order valence-electron chi connectivity index (χ0n) is 11.8. The molecule has 2 N–H and O–H groups in total. The Hall–Kier alpha value is -3.00. The van der Waals surface area contributed by atoms with E-state index in [1.54, 1.807) is 56.9 Å². The SMILES string of the molecule is COc1ccc(/C(N)=C(/C#N)c2cccnc2)cc1OC. The number of allylic oxidation sites excluding steroid dienone is 1. The highest BCUT2D eigenvalue weighted by atomic mass is 16.5. The molecule has 5 nitrogen and oxygen atoms in total. The molecule has 5 heteroatoms. The molecule has 2 rings (SSSR count). The first kappa shape index (κ1) is 14.4. The zero-order valence-corrected chi connectivity index (χ0v) is 11.8. The van der Waals surface area contributed by atoms with Crippen LogP contribution >= 0.6 is 0 Å². The van der Waals surface area contributed by atoms with Gasteiger partial charge in [0.1, 0.15) is 6.07 Å². The van der Waals surface area contributed by atoms with Crippen molar-refractivity contribution in [2.45, 2.75) is 0 Å². The average Bonchev–Trinajstić information content (AvgIpc) is 2.55. The van der Waals surface area contributed by atoms with Gasteiger partial charge in [0.25, 0.3) is 0 Å². The van der Waals surface area contributed by atoms with Crippen molar-refractivity contribution in [3.63, 3.8) is 0 Å². The molecule has 0 saturated carbocycles. The van der Waals surface area contributed by atoms with Crippen LogP contribution in [0.1, 0.15) is 11.1 Å². The Morgan fingerprint density at radius 1 is 1.14 bits per heavy atom. The van der Waals surface area contributed by atoms with Gasteiger partial charge in [0.15, 0.2) is 11.5 Å². The van der Waals surface area contributed by atoms with Gasteiger partial charge in [-0.25, -0.2) is 0 Å². The summed E-state index contributed by atoms with van der Waals surface area (Å²) < 4.78 is 10.4. The van der Waals surface area contributed by atoms with Gasteiger partial charge in [0.2, 0.25) is 0 Å². The van der Waals surface area contributed by atoms with Gasteiger partial charge in [0, 0.05) is 23.5 Å². The van der Waals surface area contributed by atoms with Crippen molar-refractivity contribution in [2.75, 3.05) is 14.2 Å². The summed E-state index contributed by atoms with van der Waals surface area (Å²) in [6, 6.07) is 10.9. The predicted octanol–water partition coefficient (Wildman–Crippen LogP) is 2.45. The van der Waals surface area contributed by atoms with Gasteiger partial charge in [-0.1, -0.05) is 6.07 Å². The van der Waals surface area contributed by atoms with E-state index in [1.165, 1.54) is 0 Å². The lowest BCUT2D eigenvalue weighted by molar-refractivity contribution is 0.355. The lowest BCUT2D eigenvalue weighted by Gasteiger charge is -2.11. The first-order valence-corrected chi connectivity index (χ1v) is 6.24. The molecule has 0 amide bonds. The summed E-state index contributed by atoms with van der Waals surface area (Å²) >= 11 is 0. The van der Waals surface area contributed by atoms with Gasteiger partial charge in [-0.05, 0) is 24.3 Å². The number of hydrogen-bond donors (Lipinski definition) is 1. The number of ether oxygens (including phenoxy) is 2. The Kier molecular flexibility index (Phi) is 4.42. The third-order valence-electron chi connectivity index (χ3n) is 3.03. The smallest absolute Gasteiger partial charge is 0.161 e. The van der Waals surface area contributed by atoms with E-state index in [0.717, 1.165) is 0 Å². The number of nitriles is 1. The lowest BCUT2D eigenvalue weighted by atomic mass is 10.0. The van der Waals surface area contributed by atoms with E-state index < -0.39 is 0 Å². The highest BCUT2D eigenvalue weighted by molar-refractivity contribution is 5.96. The number of nitrogens with zero attached hydrogens (tertiary/aromatic N) is 2. The van der Waals surface area contributed by atoms with Crippen molar-refractivity contribution in [2.24, 2.45) is 5.73 Å². The van der Waals surface area contributed by atoms with Crippen LogP contribution in [0.15, 0.2) is 42.7 Å². The van der Waals surface area contributed by atoms with Gasteiger partial charge in [-0.15, -0.1) is 0 Å². The largest absolute Gasteiger partial charge is 0.493 e. The molecule has 2 aromatic rings. The number of benzene rings is 1. The van der Waals surface area contributed by atoms with Gasteiger partial charge >= 0.3 is 0 Å². The molecule has 0 aliphatic heterocycles. The Labute approximate surface area is 123 Å². The number of methoxy groups -OCH3 is 2. The summed E-state index contributed by atoms with van der Waals surface area (Å²) in [7, 11) is 3.11. The van der Waals surface area contributed by atoms with Crippen molar-refractivity contribution < 1.29 is 9.47 Å². The quantitative estimate of drug-likeness (QED) is 0.870. The molecule has 0 radical (unpaired) electrons. The second-order valence-corrected chi connectivity index (χ2v) is 4.21. The van der Waals surface area contributed by atoms with E-state index in [1.807, 2.05) is 0 Å². The molecule has 0 fully saturated rings. The van der Waals surface area contributed by atoms with Crippen LogP contribution in [0.25, 0.3) is 11.3 Å². The van der Waals surface area contributed by atoms with E-state index in [2.05, 4.69) is 11.1 Å². The van der Waals surface area contributed by atoms with E-state index in [9.17, 15) is 5.26 Å². The first-order valence-electron chi connectivity index (χ1n) is 6.24. The number of hydrogen-bond acceptors (Lipinski definition) is 5. The highest BCUT2D eigenvalue weighted by Crippen LogP contribution is 2.31. The topological polar surface area (TPSA) is 81.2 Å². The highest BCUT2D eigenvalue weighted by Gasteiger charge is 2.11. The second-order valence-electron chi connectivity index (χ2n) is 4.21. The monoisotopic (exact) mass is 281 g/mol. The van der Waals surface area contributed by atoms with E-state index in [0.29, 0.717) is 33.9 Å². The molecule has 0 aliphatic rings. The van der Waals surface area contributed by atoms with Gasteiger partial charge < -0.3 is 15.2 Å². The van der Waals surface area contributed by atoms with Crippen molar-refractivity contribution in [1.29, 1.82) is 5.26 Å². The number of nitrogens with two attached hydrogens (primary N) is 1. The molecule has 0 bridgehead atoms. The molecule has 1 aromatic heterocycles. The van der Waals surface area contributed by atoms with Crippen LogP contribution in [-0.2, 0) is 0 Å². The minimum atomic E-state index is 0.367. The molecule has 21 heavy (non-hydrogen) atoms. The second kappa shape index (κ2) is 6.44. The Morgan fingerprint density at radius 3 is 2.48 bits per heavy atom. The molecule has 0 atom stereocenters. The maximum absolute atomic E-state index is 9.37. The molecule has 0 aliphatic carbocycles. The van der Waals surface area contributed by atoms with Crippen LogP contribution in [0.4, 0.5) is 0 Å². The fraction of sp³-hybridized carbons (Fsp3) is 0.125. The van der Waals surface area contributed by atoms with Crippen LogP contribution in [0.2, 0.25) is 0 Å². The average molecular weight is 281 g/mol. The van der Waals surface area contributed by atoms with Crippen molar-refractivity contribution in [1.82, 2.24) is 4.98 Å². The standard InChI is InChI=1S/C16H15N3O2/c1-20-14-6-5-11(8-15(14)21-2)16(18)13(9-17)12-4-3-7-19-10-12/h3-8,10H,18H2,1-2H3/b16-13+. The van der Waals surface area contributed by atoms with Crippen LogP contribution in [0.5, 0.6) is 11.5 Å². The maximum Gasteiger partial charge on any atom is 0.161 e. The number of pyridine rings is 1. The summed E-state index contributed by atoms with van der Waals surface area (Å²) in [6.45, 7) is 0. The Morgan fingerprint density at radius 2 is 1.90 bits per heavy atom. The fourth-order valence-corrected chi connectivity index (χ4v) is 1.94. The molecular formula is C16H15N3O2. The zero-order chi connectivity index (χ0) is 15.2. The summed E-state index contributed by atoms with van der Waals surface area (Å²) in [5.41, 5.74) is 8.23. The Bertz CT molecular complexity index is 703. The van der Waals surface area contributed by atoms with Crippen molar-refractivity contribution in [3.8, 4) is 17.6 Å². The fourth-order valence-electron chi connectivity index (χ4n) is 1.94. The normalized spacial score (nSPS) is 11.3. The summed E-state index contributed by atoms with van der Waals surface area (Å²) in [4.78, 5) is 4.01. The van der Waals surface area contributed by atoms with Gasteiger partial charge in [-0.3, -0.25) is 4.98 Å². The van der Waals surface area contributed by atoms with Crippen LogP contribution in [0.3, 0.4) is 0 Å². The minimum Gasteiger partial charge on any atom is -0.493 e. The van der Waals surface area contributed by atoms with E-state index >= 15 is 0 Å². The van der Waals surface area contributed by atoms with Crippen molar-refractivity contribution >= 4 is 11.3 Å². The number of rotatable bonds is 4. The van der Waals surface area contributed by atoms with Gasteiger partial charge in [-0.2, -0.15) is 5.26 Å². The van der Waals surface area contributed by atoms with Crippen LogP contribution < -0.4 is 15.2 Å². The van der Waals surface area contributed by atoms with Crippen LogP contribution in [0, 0.1) is 11.3 Å². The molecule has 1 heterocycles. The van der Waals surface area contributed by atoms with Gasteiger partial charge in [0.05, 0.1) is 25.5 Å². The molecule has 0 spiro atoms. The van der Waals surface area contributed by atoms with E-state index in [4.69, 9.17) is 15.2 Å². The number of aromatic nitrogens is 1. The summed E-state index contributed by atoms with van der Waals surface area (Å²) in [6.07, 6.45) is 3.25. The predicted molar refractivity (Wildman–Crippen MR) is 80.4 cm³/mol. The van der Waals surface area contributed by atoms with E-state index in [-0.39, 0.29) is 0 Å². The Balaban J connectivity index is 2.54. The molecular weight excluding hydrogens is 266 g/mol. The van der Waals surface area contributed by atoms with Crippen molar-refractivity contribution in [3.05, 3.63) is 53.9 Å². The lowest BCUT2D eigenvalue weighted by Crippen LogP contribution is -2.02. The molecule has 0 saturated heterocycles.